The Hall–Kier alpha value is -1.78. The van der Waals surface area contributed by atoms with Gasteiger partial charge in [-0.3, -0.25) is 4.57 Å². The molecule has 1 saturated carbocycles. The van der Waals surface area contributed by atoms with Gasteiger partial charge in [0.2, 0.25) is 0 Å². The maximum absolute atomic E-state index is 6.14. The number of thioether (sulfide) groups is 1. The largest absolute Gasteiger partial charge is 0.274 e. The summed E-state index contributed by atoms with van der Waals surface area (Å²) < 4.78 is 2.29. The summed E-state index contributed by atoms with van der Waals surface area (Å²) in [6, 6.07) is 16.5. The molecule has 0 unspecified atom stereocenters. The number of aromatic nitrogens is 3. The van der Waals surface area contributed by atoms with Crippen LogP contribution in [0.1, 0.15) is 55.0 Å². The number of halogens is 1. The highest BCUT2D eigenvalue weighted by Crippen LogP contribution is 2.36. The zero-order chi connectivity index (χ0) is 18.6. The van der Waals surface area contributed by atoms with Crippen molar-refractivity contribution in [3.63, 3.8) is 0 Å². The predicted octanol–water partition coefficient (Wildman–Crippen LogP) is 6.57. The fraction of sp³-hybridized carbons (Fsp3) is 0.364. The van der Waals surface area contributed by atoms with E-state index in [1.165, 1.54) is 48.9 Å². The van der Waals surface area contributed by atoms with E-state index in [2.05, 4.69) is 52.0 Å². The molecule has 140 valence electrons. The molecule has 5 heteroatoms. The smallest absolute Gasteiger partial charge is 0.196 e. The summed E-state index contributed by atoms with van der Waals surface area (Å²) >= 11 is 7.87. The highest BCUT2D eigenvalue weighted by molar-refractivity contribution is 7.98. The Balaban J connectivity index is 1.68. The third-order valence-electron chi connectivity index (χ3n) is 5.24. The van der Waals surface area contributed by atoms with Gasteiger partial charge in [0.05, 0.1) is 5.69 Å². The fourth-order valence-electron chi connectivity index (χ4n) is 3.82. The van der Waals surface area contributed by atoms with Crippen LogP contribution in [-0.4, -0.2) is 14.8 Å². The SMILES string of the molecule is Cc1ccccc1-n1c(SCc2cccc(Cl)c2)nnc1C1CCCCC1. The number of nitrogens with zero attached hydrogens (tertiary/aromatic N) is 3. The summed E-state index contributed by atoms with van der Waals surface area (Å²) in [4.78, 5) is 0. The molecule has 0 bridgehead atoms. The van der Waals surface area contributed by atoms with Crippen molar-refractivity contribution in [2.24, 2.45) is 0 Å². The summed E-state index contributed by atoms with van der Waals surface area (Å²) in [5.74, 6) is 2.46. The molecule has 1 aromatic heterocycles. The Morgan fingerprint density at radius 3 is 2.63 bits per heavy atom. The van der Waals surface area contributed by atoms with Crippen molar-refractivity contribution in [2.75, 3.05) is 0 Å². The number of rotatable bonds is 5. The van der Waals surface area contributed by atoms with Gasteiger partial charge in [-0.2, -0.15) is 0 Å². The normalized spacial score (nSPS) is 15.2. The standard InChI is InChI=1S/C22H24ClN3S/c1-16-8-5-6-13-20(16)26-21(18-10-3-2-4-11-18)24-25-22(26)27-15-17-9-7-12-19(23)14-17/h5-9,12-14,18H,2-4,10-11,15H2,1H3. The first-order valence-corrected chi connectivity index (χ1v) is 11.0. The average Bonchev–Trinajstić information content (AvgIpc) is 3.11. The van der Waals surface area contributed by atoms with E-state index >= 15 is 0 Å². The van der Waals surface area contributed by atoms with Gasteiger partial charge in [0.25, 0.3) is 0 Å². The van der Waals surface area contributed by atoms with Crippen LogP contribution in [0, 0.1) is 6.92 Å². The molecule has 0 spiro atoms. The molecule has 1 heterocycles. The molecular weight excluding hydrogens is 374 g/mol. The van der Waals surface area contributed by atoms with Crippen molar-refractivity contribution in [3.8, 4) is 5.69 Å². The van der Waals surface area contributed by atoms with Crippen LogP contribution in [0.2, 0.25) is 5.02 Å². The Morgan fingerprint density at radius 1 is 1.04 bits per heavy atom. The number of para-hydroxylation sites is 1. The van der Waals surface area contributed by atoms with Crippen molar-refractivity contribution in [3.05, 3.63) is 70.5 Å². The third-order valence-corrected chi connectivity index (χ3v) is 6.48. The summed E-state index contributed by atoms with van der Waals surface area (Å²) in [5.41, 5.74) is 3.64. The van der Waals surface area contributed by atoms with Crippen LogP contribution in [0.25, 0.3) is 5.69 Å². The maximum Gasteiger partial charge on any atom is 0.196 e. The predicted molar refractivity (Wildman–Crippen MR) is 113 cm³/mol. The van der Waals surface area contributed by atoms with E-state index in [-0.39, 0.29) is 0 Å². The first-order valence-electron chi connectivity index (χ1n) is 9.61. The molecule has 27 heavy (non-hydrogen) atoms. The zero-order valence-corrected chi connectivity index (χ0v) is 17.1. The van der Waals surface area contributed by atoms with Crippen molar-refractivity contribution < 1.29 is 0 Å². The van der Waals surface area contributed by atoms with Gasteiger partial charge in [-0.1, -0.05) is 73.0 Å². The molecule has 4 rings (SSSR count). The van der Waals surface area contributed by atoms with E-state index in [1.807, 2.05) is 18.2 Å². The highest BCUT2D eigenvalue weighted by atomic mass is 35.5. The lowest BCUT2D eigenvalue weighted by atomic mass is 9.88. The molecule has 2 aromatic carbocycles. The second kappa shape index (κ2) is 8.49. The van der Waals surface area contributed by atoms with E-state index < -0.39 is 0 Å². The summed E-state index contributed by atoms with van der Waals surface area (Å²) in [6.07, 6.45) is 6.34. The van der Waals surface area contributed by atoms with Crippen LogP contribution in [-0.2, 0) is 5.75 Å². The van der Waals surface area contributed by atoms with Gasteiger partial charge in [-0.25, -0.2) is 0 Å². The third kappa shape index (κ3) is 4.22. The first-order chi connectivity index (χ1) is 13.2. The topological polar surface area (TPSA) is 30.7 Å². The lowest BCUT2D eigenvalue weighted by Gasteiger charge is -2.22. The highest BCUT2D eigenvalue weighted by Gasteiger charge is 2.24. The van der Waals surface area contributed by atoms with Crippen LogP contribution in [0.5, 0.6) is 0 Å². The lowest BCUT2D eigenvalue weighted by Crippen LogP contribution is -2.12. The number of hydrogen-bond donors (Lipinski definition) is 0. The van der Waals surface area contributed by atoms with E-state index in [1.54, 1.807) is 11.8 Å². The van der Waals surface area contributed by atoms with Crippen molar-refractivity contribution >= 4 is 23.4 Å². The van der Waals surface area contributed by atoms with Crippen LogP contribution in [0.4, 0.5) is 0 Å². The maximum atomic E-state index is 6.14. The second-order valence-corrected chi connectivity index (χ2v) is 8.60. The Labute approximate surface area is 170 Å². The minimum Gasteiger partial charge on any atom is -0.274 e. The fourth-order valence-corrected chi connectivity index (χ4v) is 4.92. The monoisotopic (exact) mass is 397 g/mol. The van der Waals surface area contributed by atoms with Crippen molar-refractivity contribution in [1.82, 2.24) is 14.8 Å². The molecular formula is C22H24ClN3S. The van der Waals surface area contributed by atoms with Gasteiger partial charge < -0.3 is 0 Å². The molecule has 0 atom stereocenters. The number of aryl methyl sites for hydroxylation is 1. The minimum atomic E-state index is 0.506. The lowest BCUT2D eigenvalue weighted by molar-refractivity contribution is 0.423. The molecule has 0 saturated heterocycles. The van der Waals surface area contributed by atoms with Crippen LogP contribution in [0.3, 0.4) is 0 Å². The van der Waals surface area contributed by atoms with Gasteiger partial charge in [-0.15, -0.1) is 10.2 Å². The Bertz CT molecular complexity index is 915. The number of benzene rings is 2. The van der Waals surface area contributed by atoms with E-state index in [9.17, 15) is 0 Å². The summed E-state index contributed by atoms with van der Waals surface area (Å²) in [5, 5.41) is 11.0. The van der Waals surface area contributed by atoms with Crippen molar-refractivity contribution in [2.45, 2.75) is 55.9 Å². The van der Waals surface area contributed by atoms with Gasteiger partial charge in [-0.05, 0) is 49.1 Å². The number of hydrogen-bond acceptors (Lipinski definition) is 3. The summed E-state index contributed by atoms with van der Waals surface area (Å²) in [6.45, 7) is 2.16. The van der Waals surface area contributed by atoms with Crippen LogP contribution >= 0.6 is 23.4 Å². The molecule has 0 N–H and O–H groups in total. The molecule has 3 nitrogen and oxygen atoms in total. The molecule has 1 aliphatic carbocycles. The molecule has 3 aromatic rings. The molecule has 1 fully saturated rings. The summed E-state index contributed by atoms with van der Waals surface area (Å²) in [7, 11) is 0. The molecule has 0 radical (unpaired) electrons. The Kier molecular flexibility index (Phi) is 5.84. The second-order valence-electron chi connectivity index (χ2n) is 7.22. The average molecular weight is 398 g/mol. The van der Waals surface area contributed by atoms with Gasteiger partial charge >= 0.3 is 0 Å². The van der Waals surface area contributed by atoms with Crippen molar-refractivity contribution in [1.29, 1.82) is 0 Å². The van der Waals surface area contributed by atoms with Gasteiger partial charge in [0.1, 0.15) is 5.82 Å². The van der Waals surface area contributed by atoms with Crippen LogP contribution in [0.15, 0.2) is 53.7 Å². The van der Waals surface area contributed by atoms with Gasteiger partial charge in [0.15, 0.2) is 5.16 Å². The van der Waals surface area contributed by atoms with Gasteiger partial charge in [0, 0.05) is 16.7 Å². The first kappa shape index (κ1) is 18.6. The van der Waals surface area contributed by atoms with E-state index in [4.69, 9.17) is 11.6 Å². The zero-order valence-electron chi connectivity index (χ0n) is 15.6. The minimum absolute atomic E-state index is 0.506. The van der Waals surface area contributed by atoms with E-state index in [0.717, 1.165) is 21.8 Å². The molecule has 0 aliphatic heterocycles. The van der Waals surface area contributed by atoms with Crippen LogP contribution < -0.4 is 0 Å². The quantitative estimate of drug-likeness (QED) is 0.456. The molecule has 1 aliphatic rings. The van der Waals surface area contributed by atoms with E-state index in [0.29, 0.717) is 5.92 Å². The Morgan fingerprint density at radius 2 is 1.85 bits per heavy atom. The molecule has 0 amide bonds.